The Kier molecular flexibility index (Phi) is 3.48. The number of alkyl halides is 2. The first-order valence-electron chi connectivity index (χ1n) is 4.52. The summed E-state index contributed by atoms with van der Waals surface area (Å²) in [5, 5.41) is 9.66. The molecule has 1 aliphatic carbocycles. The second kappa shape index (κ2) is 4.36. The molecule has 0 radical (unpaired) electrons. The fourth-order valence-electron chi connectivity index (χ4n) is 1.80. The maximum Gasteiger partial charge on any atom is 0.310 e. The Labute approximate surface area is 122 Å². The molecule has 1 aliphatic rings. The van der Waals surface area contributed by atoms with Crippen molar-refractivity contribution in [3.8, 4) is 0 Å². The molecule has 1 N–H and O–H groups in total. The zero-order valence-corrected chi connectivity index (χ0v) is 11.8. The van der Waals surface area contributed by atoms with Crippen molar-refractivity contribution in [2.75, 3.05) is 0 Å². The van der Waals surface area contributed by atoms with E-state index in [0.29, 0.717) is 5.56 Å². The van der Waals surface area contributed by atoms with Crippen LogP contribution < -0.4 is 0 Å². The minimum Gasteiger partial charge on any atom is -0.481 e. The van der Waals surface area contributed by atoms with Crippen molar-refractivity contribution in [2.24, 2.45) is 5.92 Å². The molecule has 7 heteroatoms. The minimum absolute atomic E-state index is 0.222. The van der Waals surface area contributed by atoms with Crippen LogP contribution >= 0.6 is 58.0 Å². The van der Waals surface area contributed by atoms with Crippen LogP contribution in [0.3, 0.4) is 0 Å². The van der Waals surface area contributed by atoms with Gasteiger partial charge in [-0.05, 0) is 17.7 Å². The Morgan fingerprint density at radius 2 is 1.65 bits per heavy atom. The second-order valence-corrected chi connectivity index (χ2v) is 6.40. The van der Waals surface area contributed by atoms with Crippen LogP contribution in [0.15, 0.2) is 12.1 Å². The van der Waals surface area contributed by atoms with E-state index in [0.717, 1.165) is 0 Å². The van der Waals surface area contributed by atoms with Gasteiger partial charge in [0.15, 0.2) is 0 Å². The highest BCUT2D eigenvalue weighted by Gasteiger charge is 2.68. The molecule has 2 rings (SSSR count). The summed E-state index contributed by atoms with van der Waals surface area (Å²) in [6.45, 7) is 0. The number of hydrogen-bond acceptors (Lipinski definition) is 1. The third-order valence-corrected chi connectivity index (χ3v) is 4.82. The van der Waals surface area contributed by atoms with Crippen LogP contribution in [-0.4, -0.2) is 15.4 Å². The van der Waals surface area contributed by atoms with Gasteiger partial charge in [0.25, 0.3) is 0 Å². The largest absolute Gasteiger partial charge is 0.481 e. The fourth-order valence-corrected chi connectivity index (χ4v) is 3.23. The van der Waals surface area contributed by atoms with E-state index < -0.39 is 22.1 Å². The van der Waals surface area contributed by atoms with Crippen molar-refractivity contribution in [1.82, 2.24) is 0 Å². The smallest absolute Gasteiger partial charge is 0.310 e. The number of halogens is 5. The van der Waals surface area contributed by atoms with E-state index in [1.165, 1.54) is 12.1 Å². The number of carboxylic acid groups (broad SMARTS) is 1. The molecule has 2 nitrogen and oxygen atoms in total. The molecule has 0 aromatic heterocycles. The zero-order chi connectivity index (χ0) is 13.0. The first-order chi connectivity index (χ1) is 7.76. The number of carbonyl (C=O) groups is 1. The van der Waals surface area contributed by atoms with Gasteiger partial charge in [0.2, 0.25) is 0 Å². The molecule has 1 aromatic carbocycles. The minimum atomic E-state index is -1.33. The lowest BCUT2D eigenvalue weighted by Crippen LogP contribution is -2.03. The fraction of sp³-hybridized carbons (Fsp3) is 0.300. The quantitative estimate of drug-likeness (QED) is 0.633. The Morgan fingerprint density at radius 1 is 1.18 bits per heavy atom. The molecule has 0 spiro atoms. The van der Waals surface area contributed by atoms with Crippen LogP contribution in [0.2, 0.25) is 15.1 Å². The molecular formula is C10H5Cl5O2. The van der Waals surface area contributed by atoms with E-state index in [-0.39, 0.29) is 15.1 Å². The molecule has 92 valence electrons. The van der Waals surface area contributed by atoms with Crippen molar-refractivity contribution in [1.29, 1.82) is 0 Å². The molecule has 1 unspecified atom stereocenters. The van der Waals surface area contributed by atoms with Crippen molar-refractivity contribution < 1.29 is 9.90 Å². The SMILES string of the molecule is O=C(O)[C@@H]1C(c2cc(Cl)c(Cl)c(Cl)c2)C1(Cl)Cl. The molecule has 0 heterocycles. The third kappa shape index (κ3) is 2.22. The summed E-state index contributed by atoms with van der Waals surface area (Å²) in [5.74, 6) is -2.45. The Bertz CT molecular complexity index is 476. The summed E-state index contributed by atoms with van der Waals surface area (Å²) >= 11 is 29.3. The Morgan fingerprint density at radius 3 is 2.00 bits per heavy atom. The van der Waals surface area contributed by atoms with E-state index in [1.807, 2.05) is 0 Å². The molecule has 1 saturated carbocycles. The van der Waals surface area contributed by atoms with E-state index in [1.54, 1.807) is 0 Å². The number of rotatable bonds is 2. The van der Waals surface area contributed by atoms with Crippen LogP contribution in [0.1, 0.15) is 11.5 Å². The van der Waals surface area contributed by atoms with Gasteiger partial charge in [0.05, 0.1) is 21.0 Å². The maximum absolute atomic E-state index is 10.9. The van der Waals surface area contributed by atoms with Gasteiger partial charge in [0.1, 0.15) is 4.33 Å². The number of carboxylic acids is 1. The predicted molar refractivity (Wildman–Crippen MR) is 69.8 cm³/mol. The van der Waals surface area contributed by atoms with Gasteiger partial charge >= 0.3 is 5.97 Å². The van der Waals surface area contributed by atoms with Crippen molar-refractivity contribution in [2.45, 2.75) is 10.3 Å². The predicted octanol–water partition coefficient (Wildman–Crippen LogP) is 4.62. The van der Waals surface area contributed by atoms with Crippen LogP contribution in [0.25, 0.3) is 0 Å². The standard InChI is InChI=1S/C10H5Cl5O2/c11-4-1-3(2-5(12)8(4)13)6-7(9(16)17)10(6,14)15/h1-2,6-7H,(H,16,17)/t6?,7-/m0/s1. The molecule has 0 amide bonds. The molecule has 0 bridgehead atoms. The first kappa shape index (κ1) is 13.6. The summed E-state index contributed by atoms with van der Waals surface area (Å²) < 4.78 is -1.33. The van der Waals surface area contributed by atoms with Crippen LogP contribution in [0.5, 0.6) is 0 Å². The normalized spacial score (nSPS) is 25.7. The molecule has 0 saturated heterocycles. The van der Waals surface area contributed by atoms with Crippen LogP contribution in [-0.2, 0) is 4.79 Å². The maximum atomic E-state index is 10.9. The second-order valence-electron chi connectivity index (χ2n) is 3.77. The van der Waals surface area contributed by atoms with Gasteiger partial charge in [-0.3, -0.25) is 4.79 Å². The zero-order valence-electron chi connectivity index (χ0n) is 8.05. The van der Waals surface area contributed by atoms with Crippen LogP contribution in [0.4, 0.5) is 0 Å². The number of hydrogen-bond donors (Lipinski definition) is 1. The average molecular weight is 334 g/mol. The molecule has 17 heavy (non-hydrogen) atoms. The molecular weight excluding hydrogens is 329 g/mol. The molecule has 1 fully saturated rings. The topological polar surface area (TPSA) is 37.3 Å². The first-order valence-corrected chi connectivity index (χ1v) is 6.41. The van der Waals surface area contributed by atoms with Gasteiger partial charge in [-0.25, -0.2) is 0 Å². The van der Waals surface area contributed by atoms with Gasteiger partial charge in [-0.1, -0.05) is 58.0 Å². The van der Waals surface area contributed by atoms with Gasteiger partial charge < -0.3 is 5.11 Å². The van der Waals surface area contributed by atoms with Crippen molar-refractivity contribution in [3.63, 3.8) is 0 Å². The summed E-state index contributed by atoms with van der Waals surface area (Å²) in [6, 6.07) is 3.06. The molecule has 2 atom stereocenters. The van der Waals surface area contributed by atoms with E-state index in [9.17, 15) is 4.79 Å². The highest BCUT2D eigenvalue weighted by Crippen LogP contribution is 2.65. The average Bonchev–Trinajstić information content (AvgIpc) is 2.77. The van der Waals surface area contributed by atoms with Crippen LogP contribution in [0, 0.1) is 5.92 Å². The Balaban J connectivity index is 2.41. The third-order valence-electron chi connectivity index (χ3n) is 2.68. The van der Waals surface area contributed by atoms with E-state index in [2.05, 4.69) is 0 Å². The highest BCUT2D eigenvalue weighted by molar-refractivity contribution is 6.53. The summed E-state index contributed by atoms with van der Waals surface area (Å²) in [6.07, 6.45) is 0. The lowest BCUT2D eigenvalue weighted by molar-refractivity contribution is -0.138. The van der Waals surface area contributed by atoms with Gasteiger partial charge in [-0.2, -0.15) is 0 Å². The number of benzene rings is 1. The van der Waals surface area contributed by atoms with Gasteiger partial charge in [0, 0.05) is 5.92 Å². The molecule has 0 aliphatic heterocycles. The van der Waals surface area contributed by atoms with Gasteiger partial charge in [-0.15, -0.1) is 0 Å². The lowest BCUT2D eigenvalue weighted by Gasteiger charge is -2.04. The molecule has 1 aromatic rings. The summed E-state index contributed by atoms with van der Waals surface area (Å²) in [5.41, 5.74) is 0.571. The summed E-state index contributed by atoms with van der Waals surface area (Å²) in [4.78, 5) is 10.9. The number of aliphatic carboxylic acids is 1. The highest BCUT2D eigenvalue weighted by atomic mass is 35.5. The summed E-state index contributed by atoms with van der Waals surface area (Å²) in [7, 11) is 0. The van der Waals surface area contributed by atoms with E-state index >= 15 is 0 Å². The van der Waals surface area contributed by atoms with Crippen molar-refractivity contribution in [3.05, 3.63) is 32.8 Å². The Hall–Kier alpha value is 0.140. The monoisotopic (exact) mass is 332 g/mol. The lowest BCUT2D eigenvalue weighted by atomic mass is 10.1. The van der Waals surface area contributed by atoms with E-state index in [4.69, 9.17) is 63.1 Å². The van der Waals surface area contributed by atoms with Crippen molar-refractivity contribution >= 4 is 64.0 Å².